The van der Waals surface area contributed by atoms with Gasteiger partial charge in [-0.2, -0.15) is 11.8 Å². The van der Waals surface area contributed by atoms with E-state index in [-0.39, 0.29) is 6.10 Å². The van der Waals surface area contributed by atoms with Crippen molar-refractivity contribution in [2.75, 3.05) is 31.1 Å². The fraction of sp³-hybridized carbons (Fsp3) is 1.00. The first-order valence-corrected chi connectivity index (χ1v) is 5.42. The highest BCUT2D eigenvalue weighted by Crippen LogP contribution is 2.09. The number of hydrogen-bond donors (Lipinski definition) is 1. The van der Waals surface area contributed by atoms with Gasteiger partial charge >= 0.3 is 0 Å². The average Bonchev–Trinajstić information content (AvgIpc) is 2.03. The Bertz CT molecular complexity index is 102. The van der Waals surface area contributed by atoms with Gasteiger partial charge in [-0.15, -0.1) is 0 Å². The molecule has 0 spiro atoms. The molecule has 0 aliphatic carbocycles. The van der Waals surface area contributed by atoms with E-state index >= 15 is 0 Å². The lowest BCUT2D eigenvalue weighted by Crippen LogP contribution is -2.34. The van der Waals surface area contributed by atoms with Crippen LogP contribution in [0.1, 0.15) is 13.3 Å². The summed E-state index contributed by atoms with van der Waals surface area (Å²) in [6, 6.07) is 0. The minimum absolute atomic E-state index is 0.135. The molecule has 1 unspecified atom stereocenters. The van der Waals surface area contributed by atoms with Crippen molar-refractivity contribution < 1.29 is 5.11 Å². The molecule has 0 aromatic rings. The third-order valence-electron chi connectivity index (χ3n) is 1.97. The third kappa shape index (κ3) is 3.99. The fourth-order valence-electron chi connectivity index (χ4n) is 1.19. The van der Waals surface area contributed by atoms with E-state index in [9.17, 15) is 0 Å². The number of hydrogen-bond acceptors (Lipinski definition) is 3. The quantitative estimate of drug-likeness (QED) is 0.686. The fourth-order valence-corrected chi connectivity index (χ4v) is 2.17. The molecular formula is C8H17NOS. The molecule has 1 rings (SSSR count). The van der Waals surface area contributed by atoms with Gasteiger partial charge in [0.15, 0.2) is 0 Å². The van der Waals surface area contributed by atoms with Crippen molar-refractivity contribution in [1.82, 2.24) is 4.90 Å². The molecule has 66 valence electrons. The summed E-state index contributed by atoms with van der Waals surface area (Å²) in [5.41, 5.74) is 0. The molecule has 1 N–H and O–H groups in total. The summed E-state index contributed by atoms with van der Waals surface area (Å²) < 4.78 is 0. The second-order valence-electron chi connectivity index (χ2n) is 3.09. The van der Waals surface area contributed by atoms with Crippen LogP contribution in [0.2, 0.25) is 0 Å². The Labute approximate surface area is 73.0 Å². The molecule has 0 radical (unpaired) electrons. The van der Waals surface area contributed by atoms with E-state index in [1.54, 1.807) is 0 Å². The zero-order valence-corrected chi connectivity index (χ0v) is 7.94. The molecule has 0 saturated carbocycles. The molecule has 0 amide bonds. The standard InChI is InChI=1S/C8H17NOS/c1-8(10)2-3-9-4-6-11-7-5-9/h8,10H,2-7H2,1H3. The van der Waals surface area contributed by atoms with Gasteiger partial charge in [-0.25, -0.2) is 0 Å². The summed E-state index contributed by atoms with van der Waals surface area (Å²) >= 11 is 2.03. The van der Waals surface area contributed by atoms with Gasteiger partial charge in [-0.1, -0.05) is 0 Å². The largest absolute Gasteiger partial charge is 0.393 e. The maximum absolute atomic E-state index is 9.05. The minimum atomic E-state index is -0.135. The molecule has 0 aromatic carbocycles. The first-order valence-electron chi connectivity index (χ1n) is 4.27. The van der Waals surface area contributed by atoms with Gasteiger partial charge < -0.3 is 10.0 Å². The van der Waals surface area contributed by atoms with Gasteiger partial charge in [0, 0.05) is 31.1 Å². The Morgan fingerprint density at radius 2 is 2.09 bits per heavy atom. The number of rotatable bonds is 3. The molecule has 1 heterocycles. The summed E-state index contributed by atoms with van der Waals surface area (Å²) in [4.78, 5) is 2.43. The molecule has 2 nitrogen and oxygen atoms in total. The molecule has 3 heteroatoms. The van der Waals surface area contributed by atoms with Crippen molar-refractivity contribution in [1.29, 1.82) is 0 Å². The number of aliphatic hydroxyl groups excluding tert-OH is 1. The lowest BCUT2D eigenvalue weighted by Gasteiger charge is -2.26. The van der Waals surface area contributed by atoms with Gasteiger partial charge in [-0.3, -0.25) is 0 Å². The van der Waals surface area contributed by atoms with Crippen molar-refractivity contribution in [3.63, 3.8) is 0 Å². The summed E-state index contributed by atoms with van der Waals surface area (Å²) in [6.45, 7) is 5.34. The average molecular weight is 175 g/mol. The van der Waals surface area contributed by atoms with E-state index in [0.29, 0.717) is 0 Å². The van der Waals surface area contributed by atoms with Gasteiger partial charge in [0.2, 0.25) is 0 Å². The normalized spacial score (nSPS) is 23.5. The minimum Gasteiger partial charge on any atom is -0.393 e. The highest BCUT2D eigenvalue weighted by Gasteiger charge is 2.09. The zero-order chi connectivity index (χ0) is 8.10. The highest BCUT2D eigenvalue weighted by atomic mass is 32.2. The van der Waals surface area contributed by atoms with Crippen LogP contribution in [0.3, 0.4) is 0 Å². The maximum Gasteiger partial charge on any atom is 0.0524 e. The Kier molecular flexibility index (Phi) is 4.26. The first-order chi connectivity index (χ1) is 5.29. The Hall–Kier alpha value is 0.270. The highest BCUT2D eigenvalue weighted by molar-refractivity contribution is 7.99. The van der Waals surface area contributed by atoms with Crippen molar-refractivity contribution in [3.05, 3.63) is 0 Å². The molecule has 1 aliphatic heterocycles. The van der Waals surface area contributed by atoms with Gasteiger partial charge in [0.1, 0.15) is 0 Å². The molecule has 0 bridgehead atoms. The second kappa shape index (κ2) is 5.01. The predicted molar refractivity (Wildman–Crippen MR) is 50.1 cm³/mol. The van der Waals surface area contributed by atoms with E-state index in [4.69, 9.17) is 5.11 Å². The Morgan fingerprint density at radius 1 is 1.45 bits per heavy atom. The van der Waals surface area contributed by atoms with Gasteiger partial charge in [0.25, 0.3) is 0 Å². The van der Waals surface area contributed by atoms with E-state index < -0.39 is 0 Å². The molecule has 1 aliphatic rings. The van der Waals surface area contributed by atoms with Crippen LogP contribution in [0.15, 0.2) is 0 Å². The van der Waals surface area contributed by atoms with Crippen LogP contribution < -0.4 is 0 Å². The van der Waals surface area contributed by atoms with Crippen LogP contribution in [0.25, 0.3) is 0 Å². The van der Waals surface area contributed by atoms with E-state index in [1.807, 2.05) is 18.7 Å². The SMILES string of the molecule is CC(O)CCN1CCSCC1. The van der Waals surface area contributed by atoms with E-state index in [0.717, 1.165) is 13.0 Å². The summed E-state index contributed by atoms with van der Waals surface area (Å²) in [7, 11) is 0. The third-order valence-corrected chi connectivity index (χ3v) is 2.91. The molecular weight excluding hydrogens is 158 g/mol. The molecule has 11 heavy (non-hydrogen) atoms. The molecule has 0 aromatic heterocycles. The van der Waals surface area contributed by atoms with Crippen LogP contribution in [-0.2, 0) is 0 Å². The van der Waals surface area contributed by atoms with Crippen LogP contribution in [-0.4, -0.2) is 47.3 Å². The van der Waals surface area contributed by atoms with Crippen LogP contribution >= 0.6 is 11.8 Å². The van der Waals surface area contributed by atoms with E-state index in [2.05, 4.69) is 4.90 Å². The molecule has 1 saturated heterocycles. The van der Waals surface area contributed by atoms with E-state index in [1.165, 1.54) is 24.6 Å². The van der Waals surface area contributed by atoms with Gasteiger partial charge in [0.05, 0.1) is 6.10 Å². The Morgan fingerprint density at radius 3 is 2.64 bits per heavy atom. The van der Waals surface area contributed by atoms with Crippen molar-refractivity contribution in [3.8, 4) is 0 Å². The van der Waals surface area contributed by atoms with Crippen LogP contribution in [0.5, 0.6) is 0 Å². The number of aliphatic hydroxyl groups is 1. The molecule has 1 atom stereocenters. The smallest absolute Gasteiger partial charge is 0.0524 e. The van der Waals surface area contributed by atoms with Gasteiger partial charge in [-0.05, 0) is 13.3 Å². The number of thioether (sulfide) groups is 1. The topological polar surface area (TPSA) is 23.5 Å². The predicted octanol–water partition coefficient (Wildman–Crippen LogP) is 0.806. The Balaban J connectivity index is 2.05. The van der Waals surface area contributed by atoms with Crippen LogP contribution in [0, 0.1) is 0 Å². The van der Waals surface area contributed by atoms with Crippen molar-refractivity contribution >= 4 is 11.8 Å². The number of nitrogens with zero attached hydrogens (tertiary/aromatic N) is 1. The monoisotopic (exact) mass is 175 g/mol. The van der Waals surface area contributed by atoms with Crippen LogP contribution in [0.4, 0.5) is 0 Å². The summed E-state index contributed by atoms with van der Waals surface area (Å²) in [6.07, 6.45) is 0.787. The zero-order valence-electron chi connectivity index (χ0n) is 7.12. The second-order valence-corrected chi connectivity index (χ2v) is 4.32. The summed E-state index contributed by atoms with van der Waals surface area (Å²) in [5.74, 6) is 2.53. The lowest BCUT2D eigenvalue weighted by atomic mass is 10.2. The first kappa shape index (κ1) is 9.36. The lowest BCUT2D eigenvalue weighted by molar-refractivity contribution is 0.160. The van der Waals surface area contributed by atoms with Crippen molar-refractivity contribution in [2.45, 2.75) is 19.4 Å². The summed E-state index contributed by atoms with van der Waals surface area (Å²) in [5, 5.41) is 9.05. The van der Waals surface area contributed by atoms with Crippen molar-refractivity contribution in [2.24, 2.45) is 0 Å². The molecule has 1 fully saturated rings. The maximum atomic E-state index is 9.05.